The fraction of sp³-hybridized carbons (Fsp3) is 0.208. The molecule has 0 amide bonds. The lowest BCUT2D eigenvalue weighted by atomic mass is 10.1. The van der Waals surface area contributed by atoms with Gasteiger partial charge in [-0.3, -0.25) is 4.79 Å². The van der Waals surface area contributed by atoms with E-state index in [9.17, 15) is 18.0 Å². The predicted molar refractivity (Wildman–Crippen MR) is 118 cm³/mol. The first-order chi connectivity index (χ1) is 15.3. The lowest BCUT2D eigenvalue weighted by Crippen LogP contribution is -2.17. The second kappa shape index (κ2) is 10.4. The van der Waals surface area contributed by atoms with Crippen molar-refractivity contribution in [2.75, 3.05) is 18.5 Å². The topological polar surface area (TPSA) is 47.6 Å². The lowest BCUT2D eigenvalue weighted by Gasteiger charge is -2.16. The minimum Gasteiger partial charge on any atom is -0.493 e. The zero-order valence-electron chi connectivity index (χ0n) is 17.2. The van der Waals surface area contributed by atoms with Crippen LogP contribution in [0.4, 0.5) is 18.9 Å². The van der Waals surface area contributed by atoms with Crippen LogP contribution in [0.2, 0.25) is 5.02 Å². The van der Waals surface area contributed by atoms with Gasteiger partial charge in [-0.15, -0.1) is 0 Å². The summed E-state index contributed by atoms with van der Waals surface area (Å²) >= 11 is 5.65. The van der Waals surface area contributed by atoms with E-state index in [1.165, 1.54) is 6.07 Å². The molecule has 0 aromatic heterocycles. The standard InChI is InChI=1S/C24H21ClF3NO3/c1-2-31-21-9-6-10-22(32-15-16-7-4-3-5-8-16)23(21)20(30)14-29-17-11-12-19(25)18(13-17)24(26,27)28/h3-13,29H,2,14-15H2,1H3. The molecule has 168 valence electrons. The van der Waals surface area contributed by atoms with Gasteiger partial charge in [-0.1, -0.05) is 48.0 Å². The zero-order valence-corrected chi connectivity index (χ0v) is 18.0. The van der Waals surface area contributed by atoms with Crippen LogP contribution >= 0.6 is 11.6 Å². The van der Waals surface area contributed by atoms with E-state index in [0.717, 1.165) is 17.7 Å². The quantitative estimate of drug-likeness (QED) is 0.362. The largest absolute Gasteiger partial charge is 0.493 e. The SMILES string of the molecule is CCOc1cccc(OCc2ccccc2)c1C(=O)CNc1ccc(Cl)c(C(F)(F)F)c1. The van der Waals surface area contributed by atoms with Crippen LogP contribution < -0.4 is 14.8 Å². The Balaban J connectivity index is 1.80. The third-order valence-electron chi connectivity index (χ3n) is 4.53. The number of Topliss-reactive ketones (excluding diaryl/α,β-unsaturated/α-hetero) is 1. The number of carbonyl (C=O) groups is 1. The summed E-state index contributed by atoms with van der Waals surface area (Å²) in [5.41, 5.74) is 0.295. The highest BCUT2D eigenvalue weighted by Gasteiger charge is 2.33. The Hall–Kier alpha value is -3.19. The average Bonchev–Trinajstić information content (AvgIpc) is 2.77. The molecular formula is C24H21ClF3NO3. The fourth-order valence-corrected chi connectivity index (χ4v) is 3.27. The Morgan fingerprint density at radius 3 is 2.31 bits per heavy atom. The molecule has 3 rings (SSSR count). The van der Waals surface area contributed by atoms with E-state index in [-0.39, 0.29) is 30.2 Å². The molecule has 0 bridgehead atoms. The van der Waals surface area contributed by atoms with Gasteiger partial charge in [0.15, 0.2) is 5.78 Å². The highest BCUT2D eigenvalue weighted by Crippen LogP contribution is 2.36. The van der Waals surface area contributed by atoms with Gasteiger partial charge >= 0.3 is 6.18 Å². The smallest absolute Gasteiger partial charge is 0.417 e. The molecule has 3 aromatic carbocycles. The van der Waals surface area contributed by atoms with Gasteiger partial charge < -0.3 is 14.8 Å². The molecular weight excluding hydrogens is 443 g/mol. The number of halogens is 4. The molecule has 32 heavy (non-hydrogen) atoms. The number of ketones is 1. The van der Waals surface area contributed by atoms with Crippen molar-refractivity contribution >= 4 is 23.1 Å². The second-order valence-corrected chi connectivity index (χ2v) is 7.21. The van der Waals surface area contributed by atoms with E-state index >= 15 is 0 Å². The van der Waals surface area contributed by atoms with Gasteiger partial charge in [-0.05, 0) is 42.8 Å². The maximum Gasteiger partial charge on any atom is 0.417 e. The number of hydrogen-bond acceptors (Lipinski definition) is 4. The van der Waals surface area contributed by atoms with Crippen LogP contribution in [0.15, 0.2) is 66.7 Å². The molecule has 3 aromatic rings. The van der Waals surface area contributed by atoms with Crippen molar-refractivity contribution in [1.29, 1.82) is 0 Å². The average molecular weight is 464 g/mol. The highest BCUT2D eigenvalue weighted by atomic mass is 35.5. The summed E-state index contributed by atoms with van der Waals surface area (Å²) in [5.74, 6) is 0.288. The van der Waals surface area contributed by atoms with Gasteiger partial charge in [0.25, 0.3) is 0 Å². The Labute approximate surface area is 188 Å². The number of rotatable bonds is 9. The van der Waals surface area contributed by atoms with E-state index in [2.05, 4.69) is 5.32 Å². The van der Waals surface area contributed by atoms with Crippen LogP contribution in [0, 0.1) is 0 Å². The van der Waals surface area contributed by atoms with Gasteiger partial charge in [-0.25, -0.2) is 0 Å². The lowest BCUT2D eigenvalue weighted by molar-refractivity contribution is -0.137. The molecule has 0 aliphatic rings. The Morgan fingerprint density at radius 1 is 0.969 bits per heavy atom. The third kappa shape index (κ3) is 5.95. The molecule has 1 N–H and O–H groups in total. The van der Waals surface area contributed by atoms with E-state index < -0.39 is 16.8 Å². The van der Waals surface area contributed by atoms with Gasteiger partial charge in [0.1, 0.15) is 23.7 Å². The van der Waals surface area contributed by atoms with Crippen LogP contribution in [0.5, 0.6) is 11.5 Å². The number of anilines is 1. The fourth-order valence-electron chi connectivity index (χ4n) is 3.04. The molecule has 4 nitrogen and oxygen atoms in total. The zero-order chi connectivity index (χ0) is 23.1. The molecule has 0 unspecified atom stereocenters. The summed E-state index contributed by atoms with van der Waals surface area (Å²) in [6.07, 6.45) is -4.60. The number of carbonyl (C=O) groups excluding carboxylic acids is 1. The maximum absolute atomic E-state index is 13.1. The summed E-state index contributed by atoms with van der Waals surface area (Å²) in [5, 5.41) is 2.32. The van der Waals surface area contributed by atoms with Crippen molar-refractivity contribution in [2.45, 2.75) is 19.7 Å². The summed E-state index contributed by atoms with van der Waals surface area (Å²) < 4.78 is 50.7. The third-order valence-corrected chi connectivity index (χ3v) is 4.86. The maximum atomic E-state index is 13.1. The molecule has 0 fully saturated rings. The van der Waals surface area contributed by atoms with Crippen molar-refractivity contribution in [3.05, 3.63) is 88.4 Å². The van der Waals surface area contributed by atoms with Crippen LogP contribution in [0.3, 0.4) is 0 Å². The number of ether oxygens (including phenoxy) is 2. The Kier molecular flexibility index (Phi) is 7.64. The number of benzene rings is 3. The monoisotopic (exact) mass is 463 g/mol. The molecule has 8 heteroatoms. The predicted octanol–water partition coefficient (Wildman–Crippen LogP) is 6.63. The molecule has 0 atom stereocenters. The van der Waals surface area contributed by atoms with Gasteiger partial charge in [0.2, 0.25) is 0 Å². The van der Waals surface area contributed by atoms with Crippen LogP contribution in [-0.4, -0.2) is 18.9 Å². The number of hydrogen-bond donors (Lipinski definition) is 1. The number of nitrogens with one attached hydrogen (secondary N) is 1. The van der Waals surface area contributed by atoms with Crippen LogP contribution in [0.1, 0.15) is 28.4 Å². The Bertz CT molecular complexity index is 1070. The molecule has 0 aliphatic carbocycles. The van der Waals surface area contributed by atoms with E-state index in [1.54, 1.807) is 25.1 Å². The van der Waals surface area contributed by atoms with Gasteiger partial charge in [0, 0.05) is 5.69 Å². The summed E-state index contributed by atoms with van der Waals surface area (Å²) in [4.78, 5) is 13.0. The first-order valence-corrected chi connectivity index (χ1v) is 10.2. The van der Waals surface area contributed by atoms with Gasteiger partial charge in [-0.2, -0.15) is 13.2 Å². The molecule has 0 saturated carbocycles. The minimum atomic E-state index is -4.60. The molecule has 0 saturated heterocycles. The molecule has 0 aliphatic heterocycles. The van der Waals surface area contributed by atoms with Gasteiger partial charge in [0.05, 0.1) is 23.7 Å². The van der Waals surface area contributed by atoms with E-state index in [4.69, 9.17) is 21.1 Å². The summed E-state index contributed by atoms with van der Waals surface area (Å²) in [7, 11) is 0. The minimum absolute atomic E-state index is 0.121. The normalized spacial score (nSPS) is 11.2. The first-order valence-electron chi connectivity index (χ1n) is 9.86. The first kappa shape index (κ1) is 23.5. The Morgan fingerprint density at radius 2 is 1.66 bits per heavy atom. The highest BCUT2D eigenvalue weighted by molar-refractivity contribution is 6.31. The molecule has 0 heterocycles. The van der Waals surface area contributed by atoms with Crippen molar-refractivity contribution in [2.24, 2.45) is 0 Å². The van der Waals surface area contributed by atoms with E-state index in [0.29, 0.717) is 18.1 Å². The summed E-state index contributed by atoms with van der Waals surface area (Å²) in [6.45, 7) is 2.11. The second-order valence-electron chi connectivity index (χ2n) is 6.81. The van der Waals surface area contributed by atoms with Crippen LogP contribution in [-0.2, 0) is 12.8 Å². The van der Waals surface area contributed by atoms with Crippen LogP contribution in [0.25, 0.3) is 0 Å². The van der Waals surface area contributed by atoms with Crippen molar-refractivity contribution in [3.8, 4) is 11.5 Å². The molecule has 0 radical (unpaired) electrons. The number of alkyl halides is 3. The van der Waals surface area contributed by atoms with Crippen molar-refractivity contribution in [3.63, 3.8) is 0 Å². The molecule has 0 spiro atoms. The summed E-state index contributed by atoms with van der Waals surface area (Å²) in [6, 6.07) is 17.9. The van der Waals surface area contributed by atoms with E-state index in [1.807, 2.05) is 30.3 Å². The van der Waals surface area contributed by atoms with Crippen molar-refractivity contribution < 1.29 is 27.4 Å². The van der Waals surface area contributed by atoms with Crippen molar-refractivity contribution in [1.82, 2.24) is 0 Å².